The molecule has 0 unspecified atom stereocenters. The van der Waals surface area contributed by atoms with Gasteiger partial charge in [-0.3, -0.25) is 0 Å². The van der Waals surface area contributed by atoms with Gasteiger partial charge in [0.1, 0.15) is 0 Å². The molecule has 1 heterocycles. The Labute approximate surface area is 113 Å². The highest BCUT2D eigenvalue weighted by Crippen LogP contribution is 2.25. The Morgan fingerprint density at radius 2 is 1.89 bits per heavy atom. The third-order valence-electron chi connectivity index (χ3n) is 3.64. The molecule has 1 rings (SSSR count). The first kappa shape index (κ1) is 15.7. The molecule has 1 aliphatic heterocycles. The van der Waals surface area contributed by atoms with E-state index in [0.717, 1.165) is 25.6 Å². The number of rotatable bonds is 9. The Morgan fingerprint density at radius 1 is 1.17 bits per heavy atom. The van der Waals surface area contributed by atoms with Gasteiger partial charge in [0.15, 0.2) is 5.79 Å². The van der Waals surface area contributed by atoms with Crippen molar-refractivity contribution in [2.24, 2.45) is 5.92 Å². The fourth-order valence-electron chi connectivity index (χ4n) is 2.47. The number of hydrogen-bond acceptors (Lipinski definition) is 2. The van der Waals surface area contributed by atoms with Crippen molar-refractivity contribution in [3.8, 4) is 0 Å². The van der Waals surface area contributed by atoms with Gasteiger partial charge in [0, 0.05) is 6.42 Å². The molecule has 106 valence electrons. The zero-order chi connectivity index (χ0) is 13.3. The van der Waals surface area contributed by atoms with E-state index in [4.69, 9.17) is 9.47 Å². The average Bonchev–Trinajstić information content (AvgIpc) is 2.75. The molecule has 0 aromatic heterocycles. The normalized spacial score (nSPS) is 20.6. The van der Waals surface area contributed by atoms with Gasteiger partial charge >= 0.3 is 0 Å². The van der Waals surface area contributed by atoms with Crippen LogP contribution in [0.15, 0.2) is 12.2 Å². The van der Waals surface area contributed by atoms with Gasteiger partial charge in [0.05, 0.1) is 13.2 Å². The summed E-state index contributed by atoms with van der Waals surface area (Å²) in [5, 5.41) is 0. The molecule has 0 N–H and O–H groups in total. The summed E-state index contributed by atoms with van der Waals surface area (Å²) < 4.78 is 11.2. The van der Waals surface area contributed by atoms with Gasteiger partial charge in [-0.1, -0.05) is 38.8 Å². The van der Waals surface area contributed by atoms with Crippen LogP contribution in [-0.4, -0.2) is 19.0 Å². The second kappa shape index (κ2) is 8.71. The van der Waals surface area contributed by atoms with Gasteiger partial charge in [-0.25, -0.2) is 0 Å². The Morgan fingerprint density at radius 3 is 2.56 bits per heavy atom. The molecule has 0 radical (unpaired) electrons. The lowest BCUT2D eigenvalue weighted by atomic mass is 10.0. The Bertz CT molecular complexity index is 229. The zero-order valence-electron chi connectivity index (χ0n) is 12.4. The molecular weight excluding hydrogens is 224 g/mol. The molecule has 0 saturated carbocycles. The van der Waals surface area contributed by atoms with Crippen molar-refractivity contribution in [2.75, 3.05) is 13.2 Å². The Balaban J connectivity index is 1.96. The van der Waals surface area contributed by atoms with Gasteiger partial charge < -0.3 is 9.47 Å². The molecule has 2 nitrogen and oxygen atoms in total. The number of hydrogen-bond donors (Lipinski definition) is 0. The predicted molar refractivity (Wildman–Crippen MR) is 76.6 cm³/mol. The minimum Gasteiger partial charge on any atom is -0.348 e. The van der Waals surface area contributed by atoms with Crippen LogP contribution in [0, 0.1) is 5.92 Å². The summed E-state index contributed by atoms with van der Waals surface area (Å²) in [5.41, 5.74) is 0. The Hall–Kier alpha value is -0.340. The van der Waals surface area contributed by atoms with Crippen molar-refractivity contribution < 1.29 is 9.47 Å². The molecule has 0 spiro atoms. The van der Waals surface area contributed by atoms with Gasteiger partial charge in [0.2, 0.25) is 0 Å². The van der Waals surface area contributed by atoms with E-state index >= 15 is 0 Å². The molecule has 0 aliphatic carbocycles. The molecule has 2 heteroatoms. The van der Waals surface area contributed by atoms with Crippen LogP contribution in [0.2, 0.25) is 0 Å². The third kappa shape index (κ3) is 6.55. The van der Waals surface area contributed by atoms with Gasteiger partial charge in [-0.05, 0) is 38.5 Å². The molecule has 1 aliphatic rings. The van der Waals surface area contributed by atoms with Crippen LogP contribution in [0.25, 0.3) is 0 Å². The maximum atomic E-state index is 5.59. The maximum Gasteiger partial charge on any atom is 0.165 e. The van der Waals surface area contributed by atoms with E-state index in [0.29, 0.717) is 0 Å². The summed E-state index contributed by atoms with van der Waals surface area (Å²) in [6.45, 7) is 8.16. The van der Waals surface area contributed by atoms with Crippen LogP contribution in [0.5, 0.6) is 0 Å². The van der Waals surface area contributed by atoms with Gasteiger partial charge in [-0.2, -0.15) is 0 Å². The van der Waals surface area contributed by atoms with E-state index in [1.165, 1.54) is 38.5 Å². The number of ether oxygens (including phenoxy) is 2. The van der Waals surface area contributed by atoms with E-state index in [1.807, 2.05) is 0 Å². The number of allylic oxidation sites excluding steroid dienone is 2. The summed E-state index contributed by atoms with van der Waals surface area (Å²) >= 11 is 0. The first-order valence-corrected chi connectivity index (χ1v) is 7.59. The maximum absolute atomic E-state index is 5.59. The van der Waals surface area contributed by atoms with Crippen LogP contribution in [0.3, 0.4) is 0 Å². The molecular formula is C16H30O2. The first-order chi connectivity index (χ1) is 8.66. The monoisotopic (exact) mass is 254 g/mol. The highest BCUT2D eigenvalue weighted by Gasteiger charge is 2.29. The molecule has 1 fully saturated rings. The smallest absolute Gasteiger partial charge is 0.165 e. The van der Waals surface area contributed by atoms with Crippen LogP contribution in [0.4, 0.5) is 0 Å². The van der Waals surface area contributed by atoms with E-state index in [2.05, 4.69) is 32.9 Å². The number of unbranched alkanes of at least 4 members (excludes halogenated alkanes) is 2. The molecule has 18 heavy (non-hydrogen) atoms. The summed E-state index contributed by atoms with van der Waals surface area (Å²) in [5.74, 6) is 0.546. The third-order valence-corrected chi connectivity index (χ3v) is 3.64. The summed E-state index contributed by atoms with van der Waals surface area (Å²) in [6, 6.07) is 0. The van der Waals surface area contributed by atoms with E-state index in [1.54, 1.807) is 0 Å². The van der Waals surface area contributed by atoms with Crippen molar-refractivity contribution in [1.82, 2.24) is 0 Å². The van der Waals surface area contributed by atoms with E-state index in [-0.39, 0.29) is 5.79 Å². The summed E-state index contributed by atoms with van der Waals surface area (Å²) in [4.78, 5) is 0. The lowest BCUT2D eigenvalue weighted by molar-refractivity contribution is -0.147. The quantitative estimate of drug-likeness (QED) is 0.439. The Kier molecular flexibility index (Phi) is 7.60. The molecule has 0 aromatic carbocycles. The van der Waals surface area contributed by atoms with Crippen LogP contribution < -0.4 is 0 Å². The van der Waals surface area contributed by atoms with E-state index < -0.39 is 0 Å². The van der Waals surface area contributed by atoms with Crippen LogP contribution in [-0.2, 0) is 9.47 Å². The highest BCUT2D eigenvalue weighted by molar-refractivity contribution is 4.83. The standard InChI is InChI=1S/C16H30O2/c1-4-10-15(2)11-8-6-5-7-9-12-16(3)17-13-14-18-16/h6,8,15H,4-5,7,9-14H2,1-3H3/b8-6+/t15-/m1/s1. The molecule has 0 amide bonds. The second-order valence-corrected chi connectivity index (χ2v) is 5.68. The van der Waals surface area contributed by atoms with Crippen molar-refractivity contribution in [3.63, 3.8) is 0 Å². The minimum absolute atomic E-state index is 0.292. The topological polar surface area (TPSA) is 18.5 Å². The van der Waals surface area contributed by atoms with Crippen molar-refractivity contribution in [1.29, 1.82) is 0 Å². The van der Waals surface area contributed by atoms with Crippen LogP contribution in [0.1, 0.15) is 65.7 Å². The first-order valence-electron chi connectivity index (χ1n) is 7.59. The largest absolute Gasteiger partial charge is 0.348 e. The van der Waals surface area contributed by atoms with Crippen molar-refractivity contribution >= 4 is 0 Å². The highest BCUT2D eigenvalue weighted by atomic mass is 16.7. The molecule has 1 saturated heterocycles. The lowest BCUT2D eigenvalue weighted by Gasteiger charge is -2.21. The van der Waals surface area contributed by atoms with Gasteiger partial charge in [0.25, 0.3) is 0 Å². The van der Waals surface area contributed by atoms with Gasteiger partial charge in [-0.15, -0.1) is 0 Å². The summed E-state index contributed by atoms with van der Waals surface area (Å²) in [6.07, 6.45) is 13.2. The zero-order valence-corrected chi connectivity index (χ0v) is 12.4. The molecule has 0 aromatic rings. The van der Waals surface area contributed by atoms with Crippen LogP contribution >= 0.6 is 0 Å². The second-order valence-electron chi connectivity index (χ2n) is 5.68. The van der Waals surface area contributed by atoms with E-state index in [9.17, 15) is 0 Å². The van der Waals surface area contributed by atoms with Crippen molar-refractivity contribution in [3.05, 3.63) is 12.2 Å². The van der Waals surface area contributed by atoms with Crippen molar-refractivity contribution in [2.45, 2.75) is 71.5 Å². The fraction of sp³-hybridized carbons (Fsp3) is 0.875. The summed E-state index contributed by atoms with van der Waals surface area (Å²) in [7, 11) is 0. The predicted octanol–water partition coefficient (Wildman–Crippen LogP) is 4.69. The lowest BCUT2D eigenvalue weighted by Crippen LogP contribution is -2.24. The average molecular weight is 254 g/mol. The molecule has 0 bridgehead atoms. The SMILES string of the molecule is CCC[C@@H](C)C/C=C/CCCCC1(C)OCCO1. The fourth-order valence-corrected chi connectivity index (χ4v) is 2.47. The minimum atomic E-state index is -0.292. The molecule has 1 atom stereocenters.